The molecule has 0 radical (unpaired) electrons. The molecule has 0 aliphatic heterocycles. The van der Waals surface area contributed by atoms with Crippen LogP contribution >= 0.6 is 11.9 Å². The number of ether oxygens (including phenoxy) is 1. The molecule has 130 valence electrons. The van der Waals surface area contributed by atoms with Gasteiger partial charge >= 0.3 is 0 Å². The highest BCUT2D eigenvalue weighted by Crippen LogP contribution is 2.37. The second kappa shape index (κ2) is 7.63. The van der Waals surface area contributed by atoms with Crippen molar-refractivity contribution in [2.24, 2.45) is 0 Å². The van der Waals surface area contributed by atoms with Gasteiger partial charge in [-0.15, -0.1) is 0 Å². The van der Waals surface area contributed by atoms with E-state index < -0.39 is 8.24 Å². The number of rotatable bonds is 6. The van der Waals surface area contributed by atoms with Crippen LogP contribution < -0.4 is 14.2 Å². The summed E-state index contributed by atoms with van der Waals surface area (Å²) in [6.07, 6.45) is 0. The molecule has 0 aromatic heterocycles. The predicted molar refractivity (Wildman–Crippen MR) is 108 cm³/mol. The Labute approximate surface area is 151 Å². The van der Waals surface area contributed by atoms with Gasteiger partial charge in [-0.2, -0.15) is 0 Å². The van der Waals surface area contributed by atoms with Crippen molar-refractivity contribution in [3.63, 3.8) is 0 Å². The average molecular weight is 361 g/mol. The zero-order valence-corrected chi connectivity index (χ0v) is 17.3. The summed E-state index contributed by atoms with van der Waals surface area (Å²) in [7, 11) is -0.00886. The van der Waals surface area contributed by atoms with Gasteiger partial charge in [0.25, 0.3) is 0 Å². The fraction of sp³-hybridized carbons (Fsp3) is 0.368. The minimum absolute atomic E-state index is 0.245. The van der Waals surface area contributed by atoms with Crippen molar-refractivity contribution in [2.45, 2.75) is 43.8 Å². The standard InChI is InChI=1S/C19H28N2OSSi/c1-19(2,3)24(5,6)20-21(23-18-10-8-7-9-11-18)16-12-14-17(22-4)15-13-16/h7-15,20H,1-6H3. The summed E-state index contributed by atoms with van der Waals surface area (Å²) in [5.41, 5.74) is 1.12. The summed E-state index contributed by atoms with van der Waals surface area (Å²) in [6, 6.07) is 18.6. The third-order valence-electron chi connectivity index (χ3n) is 4.50. The average Bonchev–Trinajstić information content (AvgIpc) is 2.54. The molecule has 0 spiro atoms. The molecule has 0 saturated heterocycles. The molecule has 0 fully saturated rings. The molecule has 0 saturated carbocycles. The van der Waals surface area contributed by atoms with E-state index in [1.165, 1.54) is 4.90 Å². The summed E-state index contributed by atoms with van der Waals surface area (Å²) in [5.74, 6) is 0.871. The zero-order valence-electron chi connectivity index (χ0n) is 15.5. The molecule has 0 atom stereocenters. The number of hydrazine groups is 1. The molecule has 1 N–H and O–H groups in total. The highest BCUT2D eigenvalue weighted by Gasteiger charge is 2.37. The molecule has 24 heavy (non-hydrogen) atoms. The lowest BCUT2D eigenvalue weighted by molar-refractivity contribution is 0.415. The number of benzene rings is 2. The first-order chi connectivity index (χ1) is 11.2. The number of nitrogens with one attached hydrogen (secondary N) is 1. The van der Waals surface area contributed by atoms with Crippen molar-refractivity contribution >= 4 is 25.9 Å². The Kier molecular flexibility index (Phi) is 6.01. The summed E-state index contributed by atoms with van der Waals surface area (Å²) >= 11 is 1.71. The van der Waals surface area contributed by atoms with Gasteiger partial charge < -0.3 is 4.74 Å². The van der Waals surface area contributed by atoms with Crippen LogP contribution in [-0.4, -0.2) is 15.3 Å². The molecule has 0 bridgehead atoms. The molecule has 0 amide bonds. The van der Waals surface area contributed by atoms with Crippen LogP contribution in [-0.2, 0) is 0 Å². The fourth-order valence-electron chi connectivity index (χ4n) is 1.87. The van der Waals surface area contributed by atoms with Crippen LogP contribution in [0.1, 0.15) is 20.8 Å². The third kappa shape index (κ3) is 4.78. The first-order valence-corrected chi connectivity index (χ1v) is 12.0. The fourth-order valence-corrected chi connectivity index (χ4v) is 4.42. The maximum Gasteiger partial charge on any atom is 0.149 e. The van der Waals surface area contributed by atoms with Gasteiger partial charge in [0.2, 0.25) is 0 Å². The van der Waals surface area contributed by atoms with Crippen LogP contribution in [0.5, 0.6) is 5.75 Å². The van der Waals surface area contributed by atoms with Crippen molar-refractivity contribution in [1.29, 1.82) is 0 Å². The van der Waals surface area contributed by atoms with Crippen molar-refractivity contribution in [1.82, 2.24) is 5.09 Å². The normalized spacial score (nSPS) is 12.1. The summed E-state index contributed by atoms with van der Waals surface area (Å²) in [4.78, 5) is 1.21. The summed E-state index contributed by atoms with van der Waals surface area (Å²) in [5, 5.41) is 4.07. The van der Waals surface area contributed by atoms with Crippen LogP contribution in [0.2, 0.25) is 18.1 Å². The lowest BCUT2D eigenvalue weighted by Crippen LogP contribution is -2.57. The van der Waals surface area contributed by atoms with Crippen molar-refractivity contribution in [3.05, 3.63) is 54.6 Å². The monoisotopic (exact) mass is 360 g/mol. The Hall–Kier alpha value is -1.43. The molecule has 0 aliphatic carbocycles. The lowest BCUT2D eigenvalue weighted by atomic mass is 10.2. The Balaban J connectivity index is 2.30. The van der Waals surface area contributed by atoms with Gasteiger partial charge in [0, 0.05) is 16.8 Å². The Morgan fingerprint density at radius 1 is 0.958 bits per heavy atom. The summed E-state index contributed by atoms with van der Waals surface area (Å²) < 4.78 is 7.49. The highest BCUT2D eigenvalue weighted by molar-refractivity contribution is 8.00. The van der Waals surface area contributed by atoms with Crippen LogP contribution in [0.25, 0.3) is 0 Å². The van der Waals surface area contributed by atoms with Crippen LogP contribution in [0.4, 0.5) is 5.69 Å². The molecule has 2 aromatic rings. The van der Waals surface area contributed by atoms with E-state index in [9.17, 15) is 0 Å². The van der Waals surface area contributed by atoms with Gasteiger partial charge in [0.15, 0.2) is 0 Å². The van der Waals surface area contributed by atoms with Crippen molar-refractivity contribution < 1.29 is 4.74 Å². The second-order valence-corrected chi connectivity index (χ2v) is 13.4. The van der Waals surface area contributed by atoms with E-state index in [1.807, 2.05) is 18.2 Å². The van der Waals surface area contributed by atoms with Crippen molar-refractivity contribution in [3.8, 4) is 5.75 Å². The molecule has 5 heteroatoms. The topological polar surface area (TPSA) is 24.5 Å². The molecule has 0 aliphatic rings. The molecule has 2 rings (SSSR count). The molecule has 3 nitrogen and oxygen atoms in total. The highest BCUT2D eigenvalue weighted by atomic mass is 32.2. The van der Waals surface area contributed by atoms with E-state index in [1.54, 1.807) is 19.1 Å². The second-order valence-electron chi connectivity index (χ2n) is 7.38. The van der Waals surface area contributed by atoms with Gasteiger partial charge in [-0.05, 0) is 41.4 Å². The van der Waals surface area contributed by atoms with Gasteiger partial charge in [0.05, 0.1) is 12.8 Å². The van der Waals surface area contributed by atoms with E-state index in [0.717, 1.165) is 11.4 Å². The Morgan fingerprint density at radius 2 is 1.54 bits per heavy atom. The Morgan fingerprint density at radius 3 is 2.04 bits per heavy atom. The lowest BCUT2D eigenvalue weighted by Gasteiger charge is -2.41. The van der Waals surface area contributed by atoms with E-state index >= 15 is 0 Å². The number of nitrogens with zero attached hydrogens (tertiary/aromatic N) is 1. The third-order valence-corrected chi connectivity index (χ3v) is 10.2. The number of anilines is 1. The SMILES string of the molecule is COc1ccc(N(N[Si](C)(C)C(C)(C)C)Sc2ccccc2)cc1. The number of hydrogen-bond acceptors (Lipinski definition) is 4. The van der Waals surface area contributed by atoms with Gasteiger partial charge in [-0.1, -0.05) is 52.1 Å². The quantitative estimate of drug-likeness (QED) is 0.404. The zero-order chi connectivity index (χ0) is 17.8. The predicted octanol–water partition coefficient (Wildman–Crippen LogP) is 5.72. The minimum Gasteiger partial charge on any atom is -0.497 e. The van der Waals surface area contributed by atoms with E-state index in [-0.39, 0.29) is 5.04 Å². The van der Waals surface area contributed by atoms with Gasteiger partial charge in [-0.25, -0.2) is 5.09 Å². The number of methoxy groups -OCH3 is 1. The number of hydrogen-bond donors (Lipinski definition) is 1. The first kappa shape index (κ1) is 18.9. The van der Waals surface area contributed by atoms with E-state index in [4.69, 9.17) is 4.74 Å². The molecule has 0 unspecified atom stereocenters. The molecule has 0 heterocycles. The first-order valence-electron chi connectivity index (χ1n) is 8.18. The van der Waals surface area contributed by atoms with E-state index in [2.05, 4.69) is 79.8 Å². The molecule has 2 aromatic carbocycles. The van der Waals surface area contributed by atoms with Gasteiger partial charge in [0.1, 0.15) is 14.0 Å². The van der Waals surface area contributed by atoms with Crippen LogP contribution in [0.3, 0.4) is 0 Å². The van der Waals surface area contributed by atoms with Crippen LogP contribution in [0, 0.1) is 0 Å². The summed E-state index contributed by atoms with van der Waals surface area (Å²) in [6.45, 7) is 11.7. The largest absolute Gasteiger partial charge is 0.497 e. The maximum atomic E-state index is 5.29. The Bertz CT molecular complexity index is 639. The smallest absolute Gasteiger partial charge is 0.149 e. The van der Waals surface area contributed by atoms with E-state index in [0.29, 0.717) is 0 Å². The maximum absolute atomic E-state index is 5.29. The van der Waals surface area contributed by atoms with Gasteiger partial charge in [-0.3, -0.25) is 4.41 Å². The molecular weight excluding hydrogens is 332 g/mol. The molecular formula is C19H28N2OSSi. The minimum atomic E-state index is -1.70. The van der Waals surface area contributed by atoms with Crippen LogP contribution in [0.15, 0.2) is 59.5 Å². The van der Waals surface area contributed by atoms with Crippen molar-refractivity contribution in [2.75, 3.05) is 11.5 Å².